The van der Waals surface area contributed by atoms with Gasteiger partial charge >= 0.3 is 0 Å². The highest BCUT2D eigenvalue weighted by Crippen LogP contribution is 2.21. The fourth-order valence-corrected chi connectivity index (χ4v) is 1.99. The summed E-state index contributed by atoms with van der Waals surface area (Å²) in [5.74, 6) is 0. The second-order valence-corrected chi connectivity index (χ2v) is 4.66. The molecule has 14 heavy (non-hydrogen) atoms. The van der Waals surface area contributed by atoms with E-state index in [4.69, 9.17) is 10.5 Å². The summed E-state index contributed by atoms with van der Waals surface area (Å²) in [5.41, 5.74) is 5.91. The third-order valence-electron chi connectivity index (χ3n) is 3.20. The first-order valence-electron chi connectivity index (χ1n) is 5.67. The highest BCUT2D eigenvalue weighted by molar-refractivity contribution is 4.86. The van der Waals surface area contributed by atoms with Gasteiger partial charge in [-0.2, -0.15) is 0 Å². The Balaban J connectivity index is 2.35. The molecule has 3 heteroatoms. The van der Waals surface area contributed by atoms with Gasteiger partial charge < -0.3 is 10.5 Å². The van der Waals surface area contributed by atoms with Crippen molar-refractivity contribution < 1.29 is 4.74 Å². The van der Waals surface area contributed by atoms with Crippen molar-refractivity contribution in [3.8, 4) is 0 Å². The fourth-order valence-electron chi connectivity index (χ4n) is 1.99. The molecule has 1 heterocycles. The maximum Gasteiger partial charge on any atom is 0.0599 e. The van der Waals surface area contributed by atoms with Crippen molar-refractivity contribution in [1.82, 2.24) is 4.90 Å². The Morgan fingerprint density at radius 3 is 2.36 bits per heavy atom. The van der Waals surface area contributed by atoms with Gasteiger partial charge in [-0.1, -0.05) is 0 Å². The minimum absolute atomic E-state index is 0.150. The molecule has 0 bridgehead atoms. The predicted molar refractivity (Wildman–Crippen MR) is 59.4 cm³/mol. The van der Waals surface area contributed by atoms with E-state index in [1.807, 2.05) is 0 Å². The van der Waals surface area contributed by atoms with Crippen LogP contribution in [0.2, 0.25) is 0 Å². The van der Waals surface area contributed by atoms with E-state index >= 15 is 0 Å². The largest absolute Gasteiger partial charge is 0.378 e. The Morgan fingerprint density at radius 2 is 1.93 bits per heavy atom. The monoisotopic (exact) mass is 200 g/mol. The molecule has 1 fully saturated rings. The van der Waals surface area contributed by atoms with E-state index in [0.717, 1.165) is 39.1 Å². The second kappa shape index (κ2) is 5.10. The average molecular weight is 200 g/mol. The lowest BCUT2D eigenvalue weighted by molar-refractivity contribution is -0.00970. The van der Waals surface area contributed by atoms with Crippen molar-refractivity contribution in [3.05, 3.63) is 0 Å². The molecule has 0 atom stereocenters. The molecule has 0 spiro atoms. The molecule has 0 aromatic carbocycles. The van der Waals surface area contributed by atoms with Crippen LogP contribution in [0.25, 0.3) is 0 Å². The van der Waals surface area contributed by atoms with E-state index in [2.05, 4.69) is 25.7 Å². The lowest BCUT2D eigenvalue weighted by atomic mass is 9.98. The topological polar surface area (TPSA) is 38.5 Å². The summed E-state index contributed by atoms with van der Waals surface area (Å²) in [4.78, 5) is 2.47. The molecule has 1 saturated heterocycles. The highest BCUT2D eigenvalue weighted by atomic mass is 16.5. The number of likely N-dealkylation sites (tertiary alicyclic amines) is 1. The average Bonchev–Trinajstić information content (AvgIpc) is 2.19. The number of hydrogen-bond donors (Lipinski definition) is 1. The maximum atomic E-state index is 5.76. The van der Waals surface area contributed by atoms with Crippen LogP contribution in [-0.2, 0) is 4.74 Å². The molecule has 0 radical (unpaired) electrons. The molecule has 0 aliphatic carbocycles. The zero-order chi connectivity index (χ0) is 10.6. The Morgan fingerprint density at radius 1 is 1.36 bits per heavy atom. The van der Waals surface area contributed by atoms with Gasteiger partial charge in [0.25, 0.3) is 0 Å². The fraction of sp³-hybridized carbons (Fsp3) is 1.00. The summed E-state index contributed by atoms with van der Waals surface area (Å²) >= 11 is 0. The minimum atomic E-state index is 0.150. The van der Waals surface area contributed by atoms with Crippen molar-refractivity contribution in [2.24, 2.45) is 5.73 Å². The number of hydrogen-bond acceptors (Lipinski definition) is 3. The zero-order valence-electron chi connectivity index (χ0n) is 9.75. The van der Waals surface area contributed by atoms with Crippen molar-refractivity contribution in [2.45, 2.75) is 45.3 Å². The van der Waals surface area contributed by atoms with Crippen LogP contribution in [-0.4, -0.2) is 42.8 Å². The van der Waals surface area contributed by atoms with E-state index in [9.17, 15) is 0 Å². The number of nitrogens with two attached hydrogens (primary N) is 1. The van der Waals surface area contributed by atoms with Gasteiger partial charge in [-0.15, -0.1) is 0 Å². The van der Waals surface area contributed by atoms with Crippen LogP contribution in [0, 0.1) is 0 Å². The summed E-state index contributed by atoms with van der Waals surface area (Å²) in [5, 5.41) is 0. The lowest BCUT2D eigenvalue weighted by Gasteiger charge is -2.42. The highest BCUT2D eigenvalue weighted by Gasteiger charge is 2.29. The van der Waals surface area contributed by atoms with Crippen LogP contribution in [0.1, 0.15) is 33.6 Å². The first-order chi connectivity index (χ1) is 6.60. The summed E-state index contributed by atoms with van der Waals surface area (Å²) in [6, 6.07) is 0. The Kier molecular flexibility index (Phi) is 4.35. The smallest absolute Gasteiger partial charge is 0.0599 e. The van der Waals surface area contributed by atoms with Crippen molar-refractivity contribution in [1.29, 1.82) is 0 Å². The molecule has 3 nitrogen and oxygen atoms in total. The van der Waals surface area contributed by atoms with Gasteiger partial charge in [-0.25, -0.2) is 0 Å². The van der Waals surface area contributed by atoms with Gasteiger partial charge in [0.05, 0.1) is 6.10 Å². The van der Waals surface area contributed by atoms with Gasteiger partial charge in [0.2, 0.25) is 0 Å². The molecule has 0 unspecified atom stereocenters. The molecular weight excluding hydrogens is 176 g/mol. The lowest BCUT2D eigenvalue weighted by Crippen LogP contribution is -2.53. The van der Waals surface area contributed by atoms with Crippen LogP contribution in [0.4, 0.5) is 0 Å². The van der Waals surface area contributed by atoms with E-state index in [1.165, 1.54) is 0 Å². The van der Waals surface area contributed by atoms with Crippen molar-refractivity contribution in [2.75, 3.05) is 26.2 Å². The van der Waals surface area contributed by atoms with Gasteiger partial charge in [0.15, 0.2) is 0 Å². The molecule has 84 valence electrons. The number of rotatable bonds is 4. The Labute approximate surface area is 87.6 Å². The van der Waals surface area contributed by atoms with Crippen LogP contribution in [0.5, 0.6) is 0 Å². The summed E-state index contributed by atoms with van der Waals surface area (Å²) in [6.45, 7) is 10.3. The third-order valence-corrected chi connectivity index (χ3v) is 3.20. The molecule has 0 aromatic heterocycles. The van der Waals surface area contributed by atoms with E-state index in [0.29, 0.717) is 6.10 Å². The zero-order valence-corrected chi connectivity index (χ0v) is 9.75. The first-order valence-corrected chi connectivity index (χ1v) is 5.67. The first kappa shape index (κ1) is 12.0. The molecule has 0 aromatic rings. The molecule has 1 aliphatic heterocycles. The molecular formula is C11H24N2O. The Bertz CT molecular complexity index is 163. The summed E-state index contributed by atoms with van der Waals surface area (Å²) in [7, 11) is 0. The van der Waals surface area contributed by atoms with E-state index < -0.39 is 0 Å². The quantitative estimate of drug-likeness (QED) is 0.741. The van der Waals surface area contributed by atoms with Gasteiger partial charge in [0, 0.05) is 31.8 Å². The van der Waals surface area contributed by atoms with Crippen molar-refractivity contribution in [3.63, 3.8) is 0 Å². The van der Waals surface area contributed by atoms with Crippen molar-refractivity contribution >= 4 is 0 Å². The summed E-state index contributed by atoms with van der Waals surface area (Å²) < 4.78 is 5.62. The molecule has 1 aliphatic rings. The molecule has 1 rings (SSSR count). The maximum absolute atomic E-state index is 5.76. The molecule has 0 amide bonds. The molecule has 0 saturated carbocycles. The summed E-state index contributed by atoms with van der Waals surface area (Å²) in [6.07, 6.45) is 2.78. The van der Waals surface area contributed by atoms with Gasteiger partial charge in [-0.3, -0.25) is 4.90 Å². The predicted octanol–water partition coefficient (Wildman–Crippen LogP) is 1.22. The van der Waals surface area contributed by atoms with Crippen LogP contribution in [0.15, 0.2) is 0 Å². The SMILES string of the molecule is CCOC1CCN(C(C)(C)CN)CC1. The minimum Gasteiger partial charge on any atom is -0.378 e. The Hall–Kier alpha value is -0.120. The van der Waals surface area contributed by atoms with Crippen LogP contribution < -0.4 is 5.73 Å². The third kappa shape index (κ3) is 2.94. The number of nitrogens with zero attached hydrogens (tertiary/aromatic N) is 1. The number of piperidine rings is 1. The second-order valence-electron chi connectivity index (χ2n) is 4.66. The number of ether oxygens (including phenoxy) is 1. The van der Waals surface area contributed by atoms with Crippen LogP contribution >= 0.6 is 0 Å². The van der Waals surface area contributed by atoms with E-state index in [1.54, 1.807) is 0 Å². The van der Waals surface area contributed by atoms with Crippen LogP contribution in [0.3, 0.4) is 0 Å². The van der Waals surface area contributed by atoms with E-state index in [-0.39, 0.29) is 5.54 Å². The standard InChI is InChI=1S/C11H24N2O/c1-4-14-10-5-7-13(8-6-10)11(2,3)9-12/h10H,4-9,12H2,1-3H3. The van der Waals surface area contributed by atoms with Gasteiger partial charge in [0.1, 0.15) is 0 Å². The molecule has 2 N–H and O–H groups in total. The van der Waals surface area contributed by atoms with Gasteiger partial charge in [-0.05, 0) is 33.6 Å². The normalized spacial score (nSPS) is 21.4.